The normalized spacial score (nSPS) is 24.5. The highest BCUT2D eigenvalue weighted by atomic mass is 16.2. The fraction of sp³-hybridized carbons (Fsp3) is 0.750. The zero-order valence-corrected chi connectivity index (χ0v) is 17.2. The third kappa shape index (κ3) is 4.34. The molecule has 0 aromatic rings. The van der Waals surface area contributed by atoms with Gasteiger partial charge in [-0.05, 0) is 31.1 Å². The van der Waals surface area contributed by atoms with E-state index < -0.39 is 40.6 Å². The minimum atomic E-state index is -1.50. The molecule has 3 amide bonds. The third-order valence-corrected chi connectivity index (χ3v) is 5.95. The highest BCUT2D eigenvalue weighted by Gasteiger charge is 2.54. The van der Waals surface area contributed by atoms with Crippen molar-refractivity contribution in [2.45, 2.75) is 83.0 Å². The number of amides is 3. The number of Topliss-reactive ketones (excluding diaryl/α,β-unsaturated/α-hetero) is 2. The van der Waals surface area contributed by atoms with Crippen LogP contribution in [0, 0.1) is 5.41 Å². The molecule has 0 unspecified atom stereocenters. The van der Waals surface area contributed by atoms with Gasteiger partial charge in [0.1, 0.15) is 17.4 Å². The zero-order chi connectivity index (χ0) is 21.6. The van der Waals surface area contributed by atoms with E-state index in [4.69, 9.17) is 5.73 Å². The van der Waals surface area contributed by atoms with Crippen LogP contribution in [0.25, 0.3) is 0 Å². The predicted octanol–water partition coefficient (Wildman–Crippen LogP) is -0.584. The van der Waals surface area contributed by atoms with Crippen LogP contribution in [0.4, 0.5) is 0 Å². The molecule has 1 saturated heterocycles. The monoisotopic (exact) mass is 406 g/mol. The van der Waals surface area contributed by atoms with Crippen molar-refractivity contribution >= 4 is 29.3 Å². The molecule has 1 heterocycles. The molecule has 0 bridgehead atoms. The first kappa shape index (κ1) is 21.4. The zero-order valence-electron chi connectivity index (χ0n) is 17.2. The van der Waals surface area contributed by atoms with Crippen LogP contribution in [0.2, 0.25) is 0 Å². The highest BCUT2D eigenvalue weighted by molar-refractivity contribution is 6.42. The molecule has 4 N–H and O–H groups in total. The maximum atomic E-state index is 13.0. The van der Waals surface area contributed by atoms with Crippen LogP contribution >= 0.6 is 0 Å². The lowest BCUT2D eigenvalue weighted by atomic mass is 9.72. The highest BCUT2D eigenvalue weighted by Crippen LogP contribution is 2.32. The number of nitrogens with zero attached hydrogens (tertiary/aromatic N) is 1. The molecule has 3 aliphatic rings. The van der Waals surface area contributed by atoms with E-state index >= 15 is 0 Å². The fourth-order valence-corrected chi connectivity index (χ4v) is 3.79. The Morgan fingerprint density at radius 1 is 1.14 bits per heavy atom. The van der Waals surface area contributed by atoms with Gasteiger partial charge in [0.15, 0.2) is 0 Å². The van der Waals surface area contributed by atoms with Gasteiger partial charge in [-0.1, -0.05) is 20.8 Å². The van der Waals surface area contributed by atoms with Crippen LogP contribution in [0.5, 0.6) is 0 Å². The Labute approximate surface area is 170 Å². The van der Waals surface area contributed by atoms with Crippen molar-refractivity contribution in [3.8, 4) is 0 Å². The molecule has 9 nitrogen and oxygen atoms in total. The van der Waals surface area contributed by atoms with Gasteiger partial charge in [0, 0.05) is 25.4 Å². The van der Waals surface area contributed by atoms with E-state index in [1.54, 1.807) is 0 Å². The predicted molar refractivity (Wildman–Crippen MR) is 103 cm³/mol. The van der Waals surface area contributed by atoms with Crippen molar-refractivity contribution in [3.05, 3.63) is 0 Å². The quantitative estimate of drug-likeness (QED) is 0.504. The Balaban J connectivity index is 1.70. The molecule has 160 valence electrons. The van der Waals surface area contributed by atoms with E-state index in [1.807, 2.05) is 20.8 Å². The summed E-state index contributed by atoms with van der Waals surface area (Å²) >= 11 is 0. The van der Waals surface area contributed by atoms with Crippen LogP contribution < -0.4 is 16.4 Å². The molecule has 0 aromatic heterocycles. The number of ketones is 2. The number of likely N-dealkylation sites (tertiary alicyclic amines) is 1. The molecule has 0 spiro atoms. The van der Waals surface area contributed by atoms with Crippen molar-refractivity contribution in [2.75, 3.05) is 6.54 Å². The van der Waals surface area contributed by atoms with Crippen LogP contribution in [0.3, 0.4) is 0 Å². The number of carbonyl (C=O) groups is 5. The summed E-state index contributed by atoms with van der Waals surface area (Å²) in [6, 6.07) is -1.53. The Morgan fingerprint density at radius 2 is 1.76 bits per heavy atom. The lowest BCUT2D eigenvalue weighted by Crippen LogP contribution is -2.68. The summed E-state index contributed by atoms with van der Waals surface area (Å²) in [5.74, 6) is -2.58. The van der Waals surface area contributed by atoms with E-state index in [1.165, 1.54) is 4.90 Å². The van der Waals surface area contributed by atoms with E-state index in [0.29, 0.717) is 19.4 Å². The topological polar surface area (TPSA) is 139 Å². The second kappa shape index (κ2) is 7.51. The number of hydrogen-bond acceptors (Lipinski definition) is 6. The Morgan fingerprint density at radius 3 is 2.28 bits per heavy atom. The Bertz CT molecular complexity index is 744. The lowest BCUT2D eigenvalue weighted by Gasteiger charge is -2.40. The van der Waals surface area contributed by atoms with Gasteiger partial charge in [0.05, 0.1) is 6.04 Å². The van der Waals surface area contributed by atoms with Gasteiger partial charge >= 0.3 is 0 Å². The Hall–Kier alpha value is -2.29. The molecule has 0 radical (unpaired) electrons. The van der Waals surface area contributed by atoms with E-state index in [-0.39, 0.29) is 30.6 Å². The van der Waals surface area contributed by atoms with Gasteiger partial charge in [-0.25, -0.2) is 0 Å². The molecule has 3 rings (SSSR count). The first-order valence-corrected chi connectivity index (χ1v) is 10.2. The number of nitrogens with one attached hydrogen (secondary N) is 2. The van der Waals surface area contributed by atoms with E-state index in [9.17, 15) is 24.0 Å². The number of rotatable bonds is 6. The smallest absolute Gasteiger partial charge is 0.290 e. The average molecular weight is 406 g/mol. The van der Waals surface area contributed by atoms with Crippen molar-refractivity contribution < 1.29 is 24.0 Å². The van der Waals surface area contributed by atoms with Crippen LogP contribution in [0.1, 0.15) is 59.3 Å². The molecule has 2 atom stereocenters. The molecule has 2 saturated carbocycles. The van der Waals surface area contributed by atoms with E-state index in [0.717, 1.165) is 12.8 Å². The van der Waals surface area contributed by atoms with Gasteiger partial charge in [0.2, 0.25) is 17.6 Å². The van der Waals surface area contributed by atoms with Gasteiger partial charge < -0.3 is 21.3 Å². The molecule has 1 aliphatic heterocycles. The molecule has 0 aromatic carbocycles. The van der Waals surface area contributed by atoms with Gasteiger partial charge in [0.25, 0.3) is 5.91 Å². The summed E-state index contributed by atoms with van der Waals surface area (Å²) in [5.41, 5.74) is 4.12. The summed E-state index contributed by atoms with van der Waals surface area (Å²) in [6.07, 6.45) is 2.34. The first-order valence-electron chi connectivity index (χ1n) is 10.2. The maximum Gasteiger partial charge on any atom is 0.290 e. The van der Waals surface area contributed by atoms with Crippen LogP contribution in [0.15, 0.2) is 0 Å². The third-order valence-electron chi connectivity index (χ3n) is 5.95. The summed E-state index contributed by atoms with van der Waals surface area (Å²) in [4.78, 5) is 63.8. The van der Waals surface area contributed by atoms with Crippen LogP contribution in [-0.2, 0) is 24.0 Å². The van der Waals surface area contributed by atoms with Crippen LogP contribution in [-0.4, -0.2) is 64.4 Å². The van der Waals surface area contributed by atoms with Gasteiger partial charge in [-0.15, -0.1) is 0 Å². The average Bonchev–Trinajstić information content (AvgIpc) is 3.28. The molecular formula is C20H30N4O5. The fourth-order valence-electron chi connectivity index (χ4n) is 3.79. The van der Waals surface area contributed by atoms with Crippen molar-refractivity contribution in [1.29, 1.82) is 0 Å². The standard InChI is InChI=1S/C20H30N4O5/c1-19(2,3)14(21)18(29)24-8-4-5-13(24)16(27)23-20(9-12(25)10-20)15(26)17(28)22-11-6-7-11/h11,13-14H,4-10,21H2,1-3H3,(H,22,28)(H,23,27)/t13-,14+/m0/s1. The molecular weight excluding hydrogens is 376 g/mol. The van der Waals surface area contributed by atoms with Crippen molar-refractivity contribution in [2.24, 2.45) is 11.1 Å². The molecule has 29 heavy (non-hydrogen) atoms. The first-order chi connectivity index (χ1) is 13.4. The largest absolute Gasteiger partial charge is 0.347 e. The lowest BCUT2D eigenvalue weighted by molar-refractivity contribution is -0.151. The molecule has 2 aliphatic carbocycles. The minimum absolute atomic E-state index is 0.00295. The number of nitrogens with two attached hydrogens (primary N) is 1. The molecule has 9 heteroatoms. The second-order valence-electron chi connectivity index (χ2n) is 9.57. The van der Waals surface area contributed by atoms with Gasteiger partial charge in [-0.3, -0.25) is 24.0 Å². The molecule has 3 fully saturated rings. The maximum absolute atomic E-state index is 13.0. The summed E-state index contributed by atoms with van der Waals surface area (Å²) < 4.78 is 0. The number of carbonyl (C=O) groups excluding carboxylic acids is 5. The van der Waals surface area contributed by atoms with Gasteiger partial charge in [-0.2, -0.15) is 0 Å². The Kier molecular flexibility index (Phi) is 5.55. The summed E-state index contributed by atoms with van der Waals surface area (Å²) in [5, 5.41) is 5.25. The van der Waals surface area contributed by atoms with E-state index in [2.05, 4.69) is 10.6 Å². The second-order valence-corrected chi connectivity index (χ2v) is 9.57. The SMILES string of the molecule is CC(C)(C)[C@H](N)C(=O)N1CCC[C@H]1C(=O)NC1(C(=O)C(=O)NC2CC2)CC(=O)C1. The minimum Gasteiger partial charge on any atom is -0.347 e. The van der Waals surface area contributed by atoms with Crippen molar-refractivity contribution in [1.82, 2.24) is 15.5 Å². The van der Waals surface area contributed by atoms with Crippen molar-refractivity contribution in [3.63, 3.8) is 0 Å². The summed E-state index contributed by atoms with van der Waals surface area (Å²) in [7, 11) is 0. The number of hydrogen-bond donors (Lipinski definition) is 3. The summed E-state index contributed by atoms with van der Waals surface area (Å²) in [6.45, 7) is 5.97.